The molecule has 0 radical (unpaired) electrons. The molecule has 2 aromatic carbocycles. The molecule has 2 aromatic rings. The molecule has 0 aromatic heterocycles. The van der Waals surface area contributed by atoms with Gasteiger partial charge in [0, 0.05) is 61.7 Å². The molecule has 1 N–H and O–H groups in total. The zero-order valence-corrected chi connectivity index (χ0v) is 17.4. The van der Waals surface area contributed by atoms with E-state index in [2.05, 4.69) is 45.4 Å². The van der Waals surface area contributed by atoms with Crippen LogP contribution in [0.4, 0.5) is 0 Å². The van der Waals surface area contributed by atoms with E-state index < -0.39 is 0 Å². The second kappa shape index (κ2) is 7.31. The first-order valence-corrected chi connectivity index (χ1v) is 10.6. The highest BCUT2D eigenvalue weighted by atomic mass is 35.5. The number of nitrogens with zero attached hydrogens (tertiary/aromatic N) is 2. The summed E-state index contributed by atoms with van der Waals surface area (Å²) in [5, 5.41) is 3.95. The van der Waals surface area contributed by atoms with Gasteiger partial charge < -0.3 is 19.9 Å². The first-order valence-electron chi connectivity index (χ1n) is 10.2. The van der Waals surface area contributed by atoms with Crippen molar-refractivity contribution in [3.8, 4) is 5.75 Å². The minimum Gasteiger partial charge on any atom is -0.496 e. The number of halogens is 1. The van der Waals surface area contributed by atoms with Crippen LogP contribution in [0.2, 0.25) is 5.02 Å². The molecule has 29 heavy (non-hydrogen) atoms. The normalized spacial score (nSPS) is 32.6. The summed E-state index contributed by atoms with van der Waals surface area (Å²) in [6.45, 7) is 6.22. The molecule has 4 fully saturated rings. The van der Waals surface area contributed by atoms with Crippen LogP contribution in [-0.4, -0.2) is 68.1 Å². The molecule has 6 heteroatoms. The van der Waals surface area contributed by atoms with Crippen molar-refractivity contribution in [3.05, 3.63) is 64.7 Å². The van der Waals surface area contributed by atoms with E-state index in [0.29, 0.717) is 22.3 Å². The van der Waals surface area contributed by atoms with Gasteiger partial charge in [-0.05, 0) is 23.8 Å². The SMILES string of the molecule is COc1ccc(Cl)cc1C(=O)N[C@@H]1C2CN3CCN(C2)CC1(c1ccccc1)C3. The van der Waals surface area contributed by atoms with Crippen molar-refractivity contribution >= 4 is 17.5 Å². The fourth-order valence-corrected chi connectivity index (χ4v) is 5.82. The standard InChI is InChI=1S/C23H26ClN3O2/c1-29-20-8-7-18(24)11-19(20)22(28)25-21-16-12-26-9-10-27(13-16)15-23(21,14-26)17-5-3-2-4-6-17/h2-8,11,16,21H,9-10,12-15H2,1H3,(H,25,28)/t16?,21-,23?/m1/s1. The third-order valence-corrected chi connectivity index (χ3v) is 7.07. The third kappa shape index (κ3) is 3.21. The van der Waals surface area contributed by atoms with Crippen molar-refractivity contribution in [2.75, 3.05) is 46.4 Å². The predicted octanol–water partition coefficient (Wildman–Crippen LogP) is 2.65. The first kappa shape index (κ1) is 18.9. The average molecular weight is 412 g/mol. The summed E-state index contributed by atoms with van der Waals surface area (Å²) in [7, 11) is 1.58. The number of rotatable bonds is 4. The summed E-state index contributed by atoms with van der Waals surface area (Å²) < 4.78 is 5.42. The van der Waals surface area contributed by atoms with E-state index in [1.165, 1.54) is 5.56 Å². The number of hydrogen-bond donors (Lipinski definition) is 1. The van der Waals surface area contributed by atoms with Crippen molar-refractivity contribution in [3.63, 3.8) is 0 Å². The summed E-state index contributed by atoms with van der Waals surface area (Å²) in [6, 6.07) is 16.0. The molecule has 4 bridgehead atoms. The summed E-state index contributed by atoms with van der Waals surface area (Å²) >= 11 is 6.18. The molecular weight excluding hydrogens is 386 g/mol. The molecule has 5 nitrogen and oxygen atoms in total. The Morgan fingerprint density at radius 3 is 2.45 bits per heavy atom. The van der Waals surface area contributed by atoms with Crippen LogP contribution in [0.15, 0.2) is 48.5 Å². The van der Waals surface area contributed by atoms with Crippen LogP contribution >= 0.6 is 11.6 Å². The van der Waals surface area contributed by atoms with Crippen LogP contribution in [-0.2, 0) is 5.41 Å². The van der Waals surface area contributed by atoms with E-state index in [0.717, 1.165) is 39.3 Å². The maximum Gasteiger partial charge on any atom is 0.255 e. The van der Waals surface area contributed by atoms with E-state index in [9.17, 15) is 4.79 Å². The summed E-state index contributed by atoms with van der Waals surface area (Å²) in [5.74, 6) is 0.837. The van der Waals surface area contributed by atoms with Gasteiger partial charge in [0.1, 0.15) is 5.75 Å². The number of fused-ring (bicyclic) bond motifs is 1. The summed E-state index contributed by atoms with van der Waals surface area (Å²) in [5.41, 5.74) is 1.69. The fraction of sp³-hybridized carbons (Fsp3) is 0.435. The van der Waals surface area contributed by atoms with Crippen molar-refractivity contribution in [2.24, 2.45) is 5.92 Å². The van der Waals surface area contributed by atoms with Crippen molar-refractivity contribution in [2.45, 2.75) is 11.5 Å². The van der Waals surface area contributed by atoms with Gasteiger partial charge in [0.05, 0.1) is 12.7 Å². The molecular formula is C23H26ClN3O2. The zero-order valence-electron chi connectivity index (χ0n) is 16.6. The number of carbonyl (C=O) groups excluding carboxylic acids is 1. The number of nitrogens with one attached hydrogen (secondary N) is 1. The van der Waals surface area contributed by atoms with E-state index in [-0.39, 0.29) is 17.4 Å². The number of ether oxygens (including phenoxy) is 1. The van der Waals surface area contributed by atoms with Crippen LogP contribution in [0.5, 0.6) is 5.75 Å². The number of hydrogen-bond acceptors (Lipinski definition) is 4. The summed E-state index contributed by atoms with van der Waals surface area (Å²) in [6.07, 6.45) is 0. The monoisotopic (exact) mass is 411 g/mol. The maximum atomic E-state index is 13.4. The molecule has 1 amide bonds. The molecule has 6 rings (SSSR count). The largest absolute Gasteiger partial charge is 0.496 e. The Balaban J connectivity index is 1.53. The third-order valence-electron chi connectivity index (χ3n) is 6.84. The Bertz CT molecular complexity index is 904. The lowest BCUT2D eigenvalue weighted by Crippen LogP contribution is -2.70. The highest BCUT2D eigenvalue weighted by molar-refractivity contribution is 6.31. The second-order valence-electron chi connectivity index (χ2n) is 8.55. The topological polar surface area (TPSA) is 44.8 Å². The number of amides is 1. The first-order chi connectivity index (χ1) is 14.1. The quantitative estimate of drug-likeness (QED) is 0.840. The number of carbonyl (C=O) groups is 1. The van der Waals surface area contributed by atoms with Crippen LogP contribution in [0.25, 0.3) is 0 Å². The maximum absolute atomic E-state index is 13.4. The van der Waals surface area contributed by atoms with Crippen molar-refractivity contribution in [1.82, 2.24) is 15.1 Å². The van der Waals surface area contributed by atoms with E-state index >= 15 is 0 Å². The second-order valence-corrected chi connectivity index (χ2v) is 8.98. The van der Waals surface area contributed by atoms with Gasteiger partial charge in [0.2, 0.25) is 0 Å². The molecule has 152 valence electrons. The van der Waals surface area contributed by atoms with E-state index in [4.69, 9.17) is 16.3 Å². The minimum absolute atomic E-state index is 0.0756. The molecule has 4 aliphatic rings. The van der Waals surface area contributed by atoms with Gasteiger partial charge in [-0.1, -0.05) is 41.9 Å². The average Bonchev–Trinajstić information content (AvgIpc) is 2.99. The molecule has 4 saturated heterocycles. The van der Waals surface area contributed by atoms with Gasteiger partial charge in [-0.3, -0.25) is 4.79 Å². The number of methoxy groups -OCH3 is 1. The lowest BCUT2D eigenvalue weighted by atomic mass is 9.64. The van der Waals surface area contributed by atoms with Gasteiger partial charge >= 0.3 is 0 Å². The predicted molar refractivity (Wildman–Crippen MR) is 114 cm³/mol. The number of benzene rings is 2. The van der Waals surface area contributed by atoms with Crippen LogP contribution in [0, 0.1) is 5.92 Å². The molecule has 4 heterocycles. The van der Waals surface area contributed by atoms with Gasteiger partial charge in [-0.2, -0.15) is 0 Å². The van der Waals surface area contributed by atoms with Gasteiger partial charge in [-0.25, -0.2) is 0 Å². The molecule has 2 unspecified atom stereocenters. The van der Waals surface area contributed by atoms with Crippen LogP contribution in [0.3, 0.4) is 0 Å². The molecule has 4 aliphatic heterocycles. The highest BCUT2D eigenvalue weighted by Gasteiger charge is 2.55. The molecule has 0 saturated carbocycles. The van der Waals surface area contributed by atoms with Gasteiger partial charge in [0.25, 0.3) is 5.91 Å². The van der Waals surface area contributed by atoms with Crippen molar-refractivity contribution < 1.29 is 9.53 Å². The van der Waals surface area contributed by atoms with E-state index in [1.807, 2.05) is 0 Å². The Morgan fingerprint density at radius 1 is 1.10 bits per heavy atom. The minimum atomic E-state index is -0.111. The summed E-state index contributed by atoms with van der Waals surface area (Å²) in [4.78, 5) is 18.5. The molecule has 3 atom stereocenters. The smallest absolute Gasteiger partial charge is 0.255 e. The lowest BCUT2D eigenvalue weighted by molar-refractivity contribution is 0.0180. The lowest BCUT2D eigenvalue weighted by Gasteiger charge is -2.55. The number of piperidine rings is 2. The Hall–Kier alpha value is -2.08. The van der Waals surface area contributed by atoms with Crippen molar-refractivity contribution in [1.29, 1.82) is 0 Å². The van der Waals surface area contributed by atoms with Gasteiger partial charge in [0.15, 0.2) is 0 Å². The fourth-order valence-electron chi connectivity index (χ4n) is 5.65. The highest BCUT2D eigenvalue weighted by Crippen LogP contribution is 2.43. The van der Waals surface area contributed by atoms with Gasteiger partial charge in [-0.15, -0.1) is 0 Å². The molecule has 0 spiro atoms. The van der Waals surface area contributed by atoms with Crippen LogP contribution < -0.4 is 10.1 Å². The zero-order chi connectivity index (χ0) is 20.0. The van der Waals surface area contributed by atoms with Crippen LogP contribution in [0.1, 0.15) is 15.9 Å². The van der Waals surface area contributed by atoms with E-state index in [1.54, 1.807) is 25.3 Å². The Morgan fingerprint density at radius 2 is 1.79 bits per heavy atom. The molecule has 0 aliphatic carbocycles. The Kier molecular flexibility index (Phi) is 4.77. The Labute approximate surface area is 176 Å².